The van der Waals surface area contributed by atoms with Gasteiger partial charge in [0.25, 0.3) is 10.0 Å². The van der Waals surface area contributed by atoms with Crippen molar-refractivity contribution in [3.8, 4) is 11.5 Å². The van der Waals surface area contributed by atoms with Gasteiger partial charge in [-0.2, -0.15) is 0 Å². The van der Waals surface area contributed by atoms with Crippen molar-refractivity contribution in [3.63, 3.8) is 0 Å². The van der Waals surface area contributed by atoms with Crippen molar-refractivity contribution in [2.24, 2.45) is 0 Å². The summed E-state index contributed by atoms with van der Waals surface area (Å²) < 4.78 is 38.8. The topological polar surface area (TPSA) is 84.9 Å². The third-order valence-electron chi connectivity index (χ3n) is 5.39. The molecule has 3 rings (SSSR count). The predicted octanol–water partition coefficient (Wildman–Crippen LogP) is 5.13. The van der Waals surface area contributed by atoms with E-state index < -0.39 is 22.5 Å². The highest BCUT2D eigenvalue weighted by atomic mass is 35.5. The number of halogens is 1. The molecule has 1 amide bonds. The Morgan fingerprint density at radius 2 is 1.71 bits per heavy atom. The molecule has 3 aromatic carbocycles. The Bertz CT molecular complexity index is 1260. The molecule has 0 aliphatic carbocycles. The van der Waals surface area contributed by atoms with Crippen LogP contribution < -0.4 is 19.1 Å². The van der Waals surface area contributed by atoms with Gasteiger partial charge in [0.2, 0.25) is 5.91 Å². The molecule has 0 spiro atoms. The van der Waals surface area contributed by atoms with Gasteiger partial charge in [0.05, 0.1) is 35.4 Å². The van der Waals surface area contributed by atoms with Crippen LogP contribution >= 0.6 is 11.6 Å². The van der Waals surface area contributed by atoms with Gasteiger partial charge in [-0.15, -0.1) is 0 Å². The first-order valence-corrected chi connectivity index (χ1v) is 12.9. The second kappa shape index (κ2) is 11.5. The number of hydrogen-bond acceptors (Lipinski definition) is 5. The van der Waals surface area contributed by atoms with Crippen molar-refractivity contribution < 1.29 is 22.7 Å². The van der Waals surface area contributed by atoms with Gasteiger partial charge in [0.15, 0.2) is 0 Å². The van der Waals surface area contributed by atoms with Crippen LogP contribution in [-0.4, -0.2) is 34.6 Å². The number of benzene rings is 3. The Labute approximate surface area is 211 Å². The fourth-order valence-electron chi connectivity index (χ4n) is 3.48. The van der Waals surface area contributed by atoms with E-state index in [9.17, 15) is 13.2 Å². The summed E-state index contributed by atoms with van der Waals surface area (Å²) in [5, 5.41) is 3.11. The summed E-state index contributed by atoms with van der Waals surface area (Å²) in [6, 6.07) is 18.1. The standard InChI is InChI=1S/C26H29ClN2O5S/c1-5-34-22-11-8-20(9-12-22)19(3)28-26(30)17-29(21-10-15-25(33-4)24(27)16-21)35(31,32)23-13-6-18(2)7-14-23/h6-16,19H,5,17H2,1-4H3,(H,28,30)/t19-/m0/s1. The van der Waals surface area contributed by atoms with E-state index in [1.54, 1.807) is 24.3 Å². The SMILES string of the molecule is CCOc1ccc([C@H](C)NC(=O)CN(c2ccc(OC)c(Cl)c2)S(=O)(=O)c2ccc(C)cc2)cc1. The molecule has 35 heavy (non-hydrogen) atoms. The number of carbonyl (C=O) groups excluding carboxylic acids is 1. The highest BCUT2D eigenvalue weighted by Gasteiger charge is 2.28. The maximum Gasteiger partial charge on any atom is 0.264 e. The van der Waals surface area contributed by atoms with Crippen LogP contribution in [0, 0.1) is 6.92 Å². The number of amides is 1. The molecule has 7 nitrogen and oxygen atoms in total. The minimum absolute atomic E-state index is 0.0717. The van der Waals surface area contributed by atoms with E-state index in [1.165, 1.54) is 25.3 Å². The minimum Gasteiger partial charge on any atom is -0.495 e. The molecule has 1 N–H and O–H groups in total. The Morgan fingerprint density at radius 3 is 2.29 bits per heavy atom. The van der Waals surface area contributed by atoms with Gasteiger partial charge in [-0.1, -0.05) is 41.4 Å². The average molecular weight is 517 g/mol. The van der Waals surface area contributed by atoms with Gasteiger partial charge in [-0.05, 0) is 68.8 Å². The van der Waals surface area contributed by atoms with Crippen molar-refractivity contribution >= 4 is 33.2 Å². The average Bonchev–Trinajstić information content (AvgIpc) is 2.83. The first kappa shape index (κ1) is 26.4. The van der Waals surface area contributed by atoms with E-state index in [1.807, 2.05) is 45.0 Å². The van der Waals surface area contributed by atoms with E-state index in [4.69, 9.17) is 21.1 Å². The second-order valence-electron chi connectivity index (χ2n) is 7.93. The van der Waals surface area contributed by atoms with Gasteiger partial charge in [-0.3, -0.25) is 9.10 Å². The van der Waals surface area contributed by atoms with Crippen molar-refractivity contribution in [1.29, 1.82) is 0 Å². The molecule has 0 fully saturated rings. The Balaban J connectivity index is 1.88. The maximum absolute atomic E-state index is 13.6. The van der Waals surface area contributed by atoms with Crippen LogP contribution in [-0.2, 0) is 14.8 Å². The zero-order valence-corrected chi connectivity index (χ0v) is 21.7. The molecule has 1 atom stereocenters. The molecule has 0 aromatic heterocycles. The summed E-state index contributed by atoms with van der Waals surface area (Å²) in [5.74, 6) is 0.673. The van der Waals surface area contributed by atoms with Crippen LogP contribution in [0.5, 0.6) is 11.5 Å². The summed E-state index contributed by atoms with van der Waals surface area (Å²) >= 11 is 6.27. The van der Waals surface area contributed by atoms with Gasteiger partial charge in [-0.25, -0.2) is 8.42 Å². The van der Waals surface area contributed by atoms with Gasteiger partial charge in [0.1, 0.15) is 18.0 Å². The van der Waals surface area contributed by atoms with Crippen molar-refractivity contribution in [2.45, 2.75) is 31.7 Å². The van der Waals surface area contributed by atoms with Crippen molar-refractivity contribution in [3.05, 3.63) is 82.9 Å². The summed E-state index contributed by atoms with van der Waals surface area (Å²) in [6.45, 7) is 5.74. The molecular formula is C26H29ClN2O5S. The van der Waals surface area contributed by atoms with Crippen LogP contribution in [0.15, 0.2) is 71.6 Å². The number of anilines is 1. The minimum atomic E-state index is -4.06. The highest BCUT2D eigenvalue weighted by Crippen LogP contribution is 2.32. The number of nitrogens with one attached hydrogen (secondary N) is 1. The molecule has 0 saturated heterocycles. The smallest absolute Gasteiger partial charge is 0.264 e. The number of aryl methyl sites for hydroxylation is 1. The summed E-state index contributed by atoms with van der Waals surface area (Å²) in [6.07, 6.45) is 0. The molecular weight excluding hydrogens is 488 g/mol. The summed E-state index contributed by atoms with van der Waals surface area (Å²) in [7, 11) is -2.59. The van der Waals surface area contributed by atoms with E-state index in [2.05, 4.69) is 5.32 Å². The molecule has 3 aromatic rings. The number of ether oxygens (including phenoxy) is 2. The van der Waals surface area contributed by atoms with E-state index in [0.717, 1.165) is 21.2 Å². The lowest BCUT2D eigenvalue weighted by molar-refractivity contribution is -0.120. The number of hydrogen-bond donors (Lipinski definition) is 1. The molecule has 0 saturated carbocycles. The first-order valence-electron chi connectivity index (χ1n) is 11.1. The lowest BCUT2D eigenvalue weighted by Crippen LogP contribution is -2.41. The molecule has 0 heterocycles. The Morgan fingerprint density at radius 1 is 1.06 bits per heavy atom. The molecule has 0 aliphatic rings. The number of sulfonamides is 1. The molecule has 186 valence electrons. The molecule has 0 aliphatic heterocycles. The summed E-state index contributed by atoms with van der Waals surface area (Å²) in [4.78, 5) is 13.1. The maximum atomic E-state index is 13.6. The molecule has 0 unspecified atom stereocenters. The molecule has 0 radical (unpaired) electrons. The highest BCUT2D eigenvalue weighted by molar-refractivity contribution is 7.92. The zero-order valence-electron chi connectivity index (χ0n) is 20.1. The van der Waals surface area contributed by atoms with Crippen LogP contribution in [0.1, 0.15) is 31.0 Å². The van der Waals surface area contributed by atoms with Crippen molar-refractivity contribution in [2.75, 3.05) is 24.6 Å². The zero-order chi connectivity index (χ0) is 25.6. The van der Waals surface area contributed by atoms with Crippen molar-refractivity contribution in [1.82, 2.24) is 5.32 Å². The van der Waals surface area contributed by atoms with Gasteiger partial charge in [0, 0.05) is 0 Å². The molecule has 0 bridgehead atoms. The van der Waals surface area contributed by atoms with Gasteiger partial charge >= 0.3 is 0 Å². The van der Waals surface area contributed by atoms with Crippen LogP contribution in [0.2, 0.25) is 5.02 Å². The monoisotopic (exact) mass is 516 g/mol. The predicted molar refractivity (Wildman–Crippen MR) is 138 cm³/mol. The van der Waals surface area contributed by atoms with Gasteiger partial charge < -0.3 is 14.8 Å². The quantitative estimate of drug-likeness (QED) is 0.404. The third kappa shape index (κ3) is 6.46. The Kier molecular flexibility index (Phi) is 8.64. The molecule has 9 heteroatoms. The van der Waals surface area contributed by atoms with E-state index in [-0.39, 0.29) is 21.6 Å². The third-order valence-corrected chi connectivity index (χ3v) is 7.47. The fraction of sp³-hybridized carbons (Fsp3) is 0.269. The van der Waals surface area contributed by atoms with E-state index in [0.29, 0.717) is 12.4 Å². The normalized spacial score (nSPS) is 12.0. The second-order valence-corrected chi connectivity index (χ2v) is 10.2. The lowest BCUT2D eigenvalue weighted by atomic mass is 10.1. The first-order chi connectivity index (χ1) is 16.6. The Hall–Kier alpha value is -3.23. The number of carbonyl (C=O) groups is 1. The number of methoxy groups -OCH3 is 1. The number of nitrogens with zero attached hydrogens (tertiary/aromatic N) is 1. The largest absolute Gasteiger partial charge is 0.495 e. The van der Waals surface area contributed by atoms with E-state index >= 15 is 0 Å². The van der Waals surface area contributed by atoms with Crippen LogP contribution in [0.4, 0.5) is 5.69 Å². The van der Waals surface area contributed by atoms with Crippen LogP contribution in [0.25, 0.3) is 0 Å². The van der Waals surface area contributed by atoms with Crippen LogP contribution in [0.3, 0.4) is 0 Å². The number of rotatable bonds is 10. The fourth-order valence-corrected chi connectivity index (χ4v) is 5.15. The summed E-state index contributed by atoms with van der Waals surface area (Å²) in [5.41, 5.74) is 2.03. The lowest BCUT2D eigenvalue weighted by Gasteiger charge is -2.25.